The highest BCUT2D eigenvalue weighted by atomic mass is 16.7. The lowest BCUT2D eigenvalue weighted by molar-refractivity contribution is -0.121. The van der Waals surface area contributed by atoms with Crippen molar-refractivity contribution < 1.29 is 14.4 Å². The molecule has 5 nitrogen and oxygen atoms in total. The molecule has 0 aromatic heterocycles. The number of hydroxylamine groups is 1. The SMILES string of the molecule is CC(c1ccc(N2CC=CC2=O)cc1)c1ccc(N2OCC=CC2=O)cc1. The summed E-state index contributed by atoms with van der Waals surface area (Å²) < 4.78 is 0. The van der Waals surface area contributed by atoms with Gasteiger partial charge >= 0.3 is 0 Å². The standard InChI is InChI=1S/C22H20N2O3/c1-16(17-6-10-19(11-7-17)23-14-2-4-21(23)25)18-8-12-20(13-9-18)24-22(26)5-3-15-27-24/h2-13,16H,14-15H2,1H3. The minimum Gasteiger partial charge on any atom is -0.305 e. The third kappa shape index (κ3) is 3.41. The molecular weight excluding hydrogens is 340 g/mol. The Labute approximate surface area is 158 Å². The highest BCUT2D eigenvalue weighted by Gasteiger charge is 2.19. The van der Waals surface area contributed by atoms with E-state index in [0.717, 1.165) is 16.9 Å². The first kappa shape index (κ1) is 17.2. The number of rotatable bonds is 4. The van der Waals surface area contributed by atoms with Gasteiger partial charge in [0.2, 0.25) is 0 Å². The molecule has 0 fully saturated rings. The molecule has 0 saturated heterocycles. The van der Waals surface area contributed by atoms with Gasteiger partial charge in [0.1, 0.15) is 0 Å². The average Bonchev–Trinajstić information content (AvgIpc) is 3.14. The van der Waals surface area contributed by atoms with Gasteiger partial charge in [0, 0.05) is 30.3 Å². The van der Waals surface area contributed by atoms with Gasteiger partial charge in [0.25, 0.3) is 11.8 Å². The van der Waals surface area contributed by atoms with Crippen LogP contribution in [0.1, 0.15) is 24.0 Å². The summed E-state index contributed by atoms with van der Waals surface area (Å²) in [6, 6.07) is 15.9. The van der Waals surface area contributed by atoms with Crippen LogP contribution in [0, 0.1) is 0 Å². The van der Waals surface area contributed by atoms with Gasteiger partial charge in [-0.05, 0) is 35.4 Å². The number of benzene rings is 2. The summed E-state index contributed by atoms with van der Waals surface area (Å²) in [5.41, 5.74) is 3.94. The van der Waals surface area contributed by atoms with Gasteiger partial charge in [-0.25, -0.2) is 0 Å². The molecule has 0 spiro atoms. The Balaban J connectivity index is 1.49. The van der Waals surface area contributed by atoms with E-state index >= 15 is 0 Å². The van der Waals surface area contributed by atoms with Gasteiger partial charge in [0.05, 0.1) is 12.3 Å². The maximum Gasteiger partial charge on any atom is 0.274 e. The van der Waals surface area contributed by atoms with Crippen molar-refractivity contribution >= 4 is 23.2 Å². The van der Waals surface area contributed by atoms with Crippen molar-refractivity contribution in [3.63, 3.8) is 0 Å². The molecule has 0 aliphatic carbocycles. The summed E-state index contributed by atoms with van der Waals surface area (Å²) in [6.45, 7) is 3.16. The van der Waals surface area contributed by atoms with Crippen molar-refractivity contribution in [3.8, 4) is 0 Å². The lowest BCUT2D eigenvalue weighted by Crippen LogP contribution is -2.32. The van der Waals surface area contributed by atoms with Crippen molar-refractivity contribution in [3.05, 3.63) is 84.0 Å². The number of amides is 2. The second-order valence-electron chi connectivity index (χ2n) is 6.59. The summed E-state index contributed by atoms with van der Waals surface area (Å²) in [4.78, 5) is 30.8. The fourth-order valence-corrected chi connectivity index (χ4v) is 3.30. The van der Waals surface area contributed by atoms with Gasteiger partial charge in [0.15, 0.2) is 0 Å². The molecule has 0 N–H and O–H groups in total. The zero-order chi connectivity index (χ0) is 18.8. The minimum absolute atomic E-state index is 0.0238. The first-order valence-electron chi connectivity index (χ1n) is 8.95. The van der Waals surface area contributed by atoms with Crippen molar-refractivity contribution in [2.75, 3.05) is 23.1 Å². The van der Waals surface area contributed by atoms with E-state index in [1.807, 2.05) is 42.5 Å². The number of nitrogens with zero attached hydrogens (tertiary/aromatic N) is 2. The van der Waals surface area contributed by atoms with E-state index in [4.69, 9.17) is 4.84 Å². The molecule has 0 bridgehead atoms. The molecule has 2 aromatic carbocycles. The minimum atomic E-state index is -0.177. The first-order valence-corrected chi connectivity index (χ1v) is 8.95. The third-order valence-corrected chi connectivity index (χ3v) is 4.91. The summed E-state index contributed by atoms with van der Waals surface area (Å²) in [6.07, 6.45) is 6.69. The molecule has 136 valence electrons. The van der Waals surface area contributed by atoms with Gasteiger partial charge in [-0.15, -0.1) is 0 Å². The second kappa shape index (κ2) is 7.21. The van der Waals surface area contributed by atoms with E-state index in [2.05, 4.69) is 19.1 Å². The smallest absolute Gasteiger partial charge is 0.274 e. The summed E-state index contributed by atoms with van der Waals surface area (Å²) in [5, 5.41) is 1.31. The van der Waals surface area contributed by atoms with Crippen LogP contribution in [0.15, 0.2) is 72.8 Å². The van der Waals surface area contributed by atoms with Gasteiger partial charge < -0.3 is 4.90 Å². The van der Waals surface area contributed by atoms with Crippen LogP contribution in [0.25, 0.3) is 0 Å². The van der Waals surface area contributed by atoms with Crippen LogP contribution < -0.4 is 9.96 Å². The average molecular weight is 360 g/mol. The van der Waals surface area contributed by atoms with Crippen molar-refractivity contribution in [2.45, 2.75) is 12.8 Å². The summed E-state index contributed by atoms with van der Waals surface area (Å²) in [7, 11) is 0. The molecule has 1 atom stereocenters. The Morgan fingerprint density at radius 1 is 0.815 bits per heavy atom. The predicted octanol–water partition coefficient (Wildman–Crippen LogP) is 3.58. The molecular formula is C22H20N2O3. The van der Waals surface area contributed by atoms with Crippen LogP contribution in [0.4, 0.5) is 11.4 Å². The molecule has 2 amide bonds. The largest absolute Gasteiger partial charge is 0.305 e. The molecule has 5 heteroatoms. The van der Waals surface area contributed by atoms with E-state index in [0.29, 0.717) is 13.2 Å². The summed E-state index contributed by atoms with van der Waals surface area (Å²) >= 11 is 0. The molecule has 2 aromatic rings. The number of hydrogen-bond donors (Lipinski definition) is 0. The van der Waals surface area contributed by atoms with Crippen molar-refractivity contribution in [2.24, 2.45) is 0 Å². The maximum atomic E-state index is 11.9. The molecule has 0 saturated carbocycles. The van der Waals surface area contributed by atoms with Gasteiger partial charge in [-0.2, -0.15) is 5.06 Å². The second-order valence-corrected chi connectivity index (χ2v) is 6.59. The van der Waals surface area contributed by atoms with E-state index in [9.17, 15) is 9.59 Å². The molecule has 4 rings (SSSR count). The van der Waals surface area contributed by atoms with Crippen LogP contribution in [0.2, 0.25) is 0 Å². The number of carbonyl (C=O) groups is 2. The normalized spacial score (nSPS) is 17.7. The highest BCUT2D eigenvalue weighted by molar-refractivity contribution is 6.04. The van der Waals surface area contributed by atoms with Crippen molar-refractivity contribution in [1.82, 2.24) is 0 Å². The Kier molecular flexibility index (Phi) is 4.60. The number of anilines is 2. The van der Waals surface area contributed by atoms with Crippen LogP contribution in [-0.4, -0.2) is 25.0 Å². The Hall–Kier alpha value is -3.18. The fourth-order valence-electron chi connectivity index (χ4n) is 3.30. The quantitative estimate of drug-likeness (QED) is 0.837. The Morgan fingerprint density at radius 3 is 1.96 bits per heavy atom. The number of carbonyl (C=O) groups excluding carboxylic acids is 2. The van der Waals surface area contributed by atoms with E-state index in [1.54, 1.807) is 17.1 Å². The van der Waals surface area contributed by atoms with Crippen LogP contribution in [0.3, 0.4) is 0 Å². The predicted molar refractivity (Wildman–Crippen MR) is 104 cm³/mol. The zero-order valence-electron chi connectivity index (χ0n) is 15.0. The van der Waals surface area contributed by atoms with Crippen molar-refractivity contribution in [1.29, 1.82) is 0 Å². The van der Waals surface area contributed by atoms with Crippen LogP contribution in [0.5, 0.6) is 0 Å². The Morgan fingerprint density at radius 2 is 1.41 bits per heavy atom. The van der Waals surface area contributed by atoms with E-state index in [1.165, 1.54) is 16.7 Å². The summed E-state index contributed by atoms with van der Waals surface area (Å²) in [5.74, 6) is 0.0395. The molecule has 27 heavy (non-hydrogen) atoms. The zero-order valence-corrected chi connectivity index (χ0v) is 15.0. The maximum absolute atomic E-state index is 11.9. The van der Waals surface area contributed by atoms with Gasteiger partial charge in [-0.3, -0.25) is 14.4 Å². The molecule has 0 radical (unpaired) electrons. The Bertz CT molecular complexity index is 914. The topological polar surface area (TPSA) is 49.9 Å². The third-order valence-electron chi connectivity index (χ3n) is 4.91. The van der Waals surface area contributed by atoms with E-state index < -0.39 is 0 Å². The highest BCUT2D eigenvalue weighted by Crippen LogP contribution is 2.29. The molecule has 2 heterocycles. The first-order chi connectivity index (χ1) is 13.1. The lowest BCUT2D eigenvalue weighted by atomic mass is 9.93. The number of hydrogen-bond acceptors (Lipinski definition) is 3. The van der Waals surface area contributed by atoms with E-state index in [-0.39, 0.29) is 17.7 Å². The molecule has 2 aliphatic rings. The molecule has 2 aliphatic heterocycles. The monoisotopic (exact) mass is 360 g/mol. The lowest BCUT2D eigenvalue weighted by Gasteiger charge is -2.23. The van der Waals surface area contributed by atoms with Crippen LogP contribution >= 0.6 is 0 Å². The van der Waals surface area contributed by atoms with Gasteiger partial charge in [-0.1, -0.05) is 43.3 Å². The van der Waals surface area contributed by atoms with Crippen LogP contribution in [-0.2, 0) is 14.4 Å². The fraction of sp³-hybridized carbons (Fsp3) is 0.182. The molecule has 1 unspecified atom stereocenters.